The van der Waals surface area contributed by atoms with Crippen molar-refractivity contribution in [3.63, 3.8) is 0 Å². The standard InChI is InChI=1S/C31H34F3N5O9/c1-38(2)18-11-17(37-29(46)36-13-5-7-14(8-6-13)48-31(32,33)34)23(40)20-15(18)9-12-10-16-22(39(3)4)25(42)21(28(35)45)27(44)30(16,47)26(43)19(12)24(20)41/h5-8,11-12,16,19,21-22,28,40,45,47H,9-10,35H2,1-4H3,(H2,36,37,46)/t12-,16-,19?,21?,22-,28?,30-/m0/s1. The molecule has 2 saturated carbocycles. The first kappa shape index (κ1) is 34.7. The molecule has 7 atom stereocenters. The number of fused-ring (bicyclic) bond motifs is 3. The normalized spacial score (nSPS) is 27.5. The van der Waals surface area contributed by atoms with Crippen LogP contribution >= 0.6 is 0 Å². The minimum Gasteiger partial charge on any atom is -0.505 e. The average Bonchev–Trinajstić information content (AvgIpc) is 2.96. The maximum Gasteiger partial charge on any atom is 0.573 e. The van der Waals surface area contributed by atoms with E-state index in [9.17, 15) is 52.5 Å². The van der Waals surface area contributed by atoms with Gasteiger partial charge in [-0.05, 0) is 68.8 Å². The molecule has 17 heteroatoms. The van der Waals surface area contributed by atoms with Crippen LogP contribution in [0.15, 0.2) is 30.3 Å². The number of amides is 2. The van der Waals surface area contributed by atoms with E-state index in [1.807, 2.05) is 0 Å². The van der Waals surface area contributed by atoms with E-state index in [0.29, 0.717) is 11.3 Å². The molecular formula is C31H34F3N5O9. The fourth-order valence-electron chi connectivity index (χ4n) is 7.26. The number of halogens is 3. The molecule has 2 aromatic carbocycles. The SMILES string of the molecule is CN(C)c1cc(NC(=O)Nc2ccc(OC(F)(F)F)cc2)c(O)c2c1C[C@H]1C[C@H]3[C@H](N(C)C)C(=O)C(C(N)O)C(=O)[C@@]3(O)C(=O)C1C2=O. The Morgan fingerprint density at radius 1 is 1.06 bits per heavy atom. The third-order valence-corrected chi connectivity index (χ3v) is 9.21. The molecule has 258 valence electrons. The lowest BCUT2D eigenvalue weighted by Crippen LogP contribution is -2.74. The Kier molecular flexibility index (Phi) is 8.79. The van der Waals surface area contributed by atoms with E-state index in [0.717, 1.165) is 24.3 Å². The summed E-state index contributed by atoms with van der Waals surface area (Å²) in [5.74, 6) is -10.9. The summed E-state index contributed by atoms with van der Waals surface area (Å²) in [6, 6.07) is 3.51. The number of ketones is 4. The minimum absolute atomic E-state index is 0.0232. The van der Waals surface area contributed by atoms with Crippen LogP contribution in [-0.2, 0) is 20.8 Å². The van der Waals surface area contributed by atoms with Crippen molar-refractivity contribution in [3.8, 4) is 11.5 Å². The number of aliphatic hydroxyl groups is 2. The second-order valence-corrected chi connectivity index (χ2v) is 12.6. The molecule has 0 radical (unpaired) electrons. The highest BCUT2D eigenvalue weighted by molar-refractivity contribution is 6.27. The summed E-state index contributed by atoms with van der Waals surface area (Å²) in [5, 5.41) is 38.0. The number of anilines is 3. The van der Waals surface area contributed by atoms with Crippen molar-refractivity contribution in [1.29, 1.82) is 0 Å². The highest BCUT2D eigenvalue weighted by Gasteiger charge is 2.69. The molecule has 14 nitrogen and oxygen atoms in total. The van der Waals surface area contributed by atoms with Crippen LogP contribution in [0.25, 0.3) is 0 Å². The molecule has 0 spiro atoms. The molecule has 3 aliphatic carbocycles. The predicted octanol–water partition coefficient (Wildman–Crippen LogP) is 1.27. The van der Waals surface area contributed by atoms with E-state index in [1.165, 1.54) is 25.1 Å². The van der Waals surface area contributed by atoms with Crippen LogP contribution in [0.1, 0.15) is 22.3 Å². The highest BCUT2D eigenvalue weighted by Crippen LogP contribution is 2.53. The maximum atomic E-state index is 14.1. The van der Waals surface area contributed by atoms with Crippen molar-refractivity contribution in [1.82, 2.24) is 4.90 Å². The molecule has 0 saturated heterocycles. The van der Waals surface area contributed by atoms with Crippen molar-refractivity contribution < 1.29 is 57.2 Å². The number of rotatable bonds is 6. The molecule has 0 aromatic heterocycles. The van der Waals surface area contributed by atoms with Gasteiger partial charge in [-0.3, -0.25) is 24.1 Å². The van der Waals surface area contributed by atoms with Crippen LogP contribution in [0.2, 0.25) is 0 Å². The number of aliphatic hydroxyl groups excluding tert-OH is 1. The molecule has 7 N–H and O–H groups in total. The number of phenolic OH excluding ortho intramolecular Hbond substituents is 1. The minimum atomic E-state index is -4.91. The number of nitrogens with one attached hydrogen (secondary N) is 2. The quantitative estimate of drug-likeness (QED) is 0.145. The van der Waals surface area contributed by atoms with Crippen molar-refractivity contribution in [2.45, 2.75) is 37.1 Å². The Hall–Kier alpha value is -4.58. The van der Waals surface area contributed by atoms with Crippen LogP contribution in [0.5, 0.6) is 11.5 Å². The number of nitrogens with two attached hydrogens (primary N) is 1. The number of benzene rings is 2. The molecule has 2 amide bonds. The second kappa shape index (κ2) is 12.1. The zero-order valence-electron chi connectivity index (χ0n) is 26.2. The van der Waals surface area contributed by atoms with Gasteiger partial charge in [0.1, 0.15) is 23.6 Å². The molecule has 48 heavy (non-hydrogen) atoms. The van der Waals surface area contributed by atoms with Gasteiger partial charge in [-0.25, -0.2) is 4.79 Å². The Balaban J connectivity index is 1.49. The number of phenols is 1. The van der Waals surface area contributed by atoms with Crippen molar-refractivity contribution >= 4 is 46.2 Å². The summed E-state index contributed by atoms with van der Waals surface area (Å²) in [5.41, 5.74) is 2.92. The maximum absolute atomic E-state index is 14.1. The van der Waals surface area contributed by atoms with E-state index >= 15 is 0 Å². The number of likely N-dealkylation sites (N-methyl/N-ethyl adjacent to an activating group) is 1. The average molecular weight is 678 g/mol. The summed E-state index contributed by atoms with van der Waals surface area (Å²) >= 11 is 0. The van der Waals surface area contributed by atoms with E-state index in [4.69, 9.17) is 5.73 Å². The highest BCUT2D eigenvalue weighted by atomic mass is 19.4. The monoisotopic (exact) mass is 677 g/mol. The number of aromatic hydroxyl groups is 1. The Morgan fingerprint density at radius 2 is 1.69 bits per heavy atom. The number of Topliss-reactive ketones (excluding diaryl/α,β-unsaturated/α-hetero) is 4. The smallest absolute Gasteiger partial charge is 0.505 e. The number of carbonyl (C=O) groups excluding carboxylic acids is 5. The molecule has 2 aromatic rings. The molecule has 3 aliphatic rings. The summed E-state index contributed by atoms with van der Waals surface area (Å²) in [4.78, 5) is 71.0. The third kappa shape index (κ3) is 5.76. The van der Waals surface area contributed by atoms with Gasteiger partial charge in [0, 0.05) is 31.4 Å². The van der Waals surface area contributed by atoms with Crippen molar-refractivity contribution in [2.75, 3.05) is 43.7 Å². The summed E-state index contributed by atoms with van der Waals surface area (Å²) < 4.78 is 41.2. The van der Waals surface area contributed by atoms with Gasteiger partial charge in [-0.2, -0.15) is 0 Å². The number of hydrogen-bond acceptors (Lipinski definition) is 12. The molecular weight excluding hydrogens is 643 g/mol. The number of carbonyl (C=O) groups is 5. The topological polar surface area (TPSA) is 212 Å². The zero-order valence-corrected chi connectivity index (χ0v) is 26.2. The molecule has 0 aliphatic heterocycles. The first-order valence-electron chi connectivity index (χ1n) is 14.8. The van der Waals surface area contributed by atoms with Crippen molar-refractivity contribution in [2.24, 2.45) is 29.4 Å². The van der Waals surface area contributed by atoms with Crippen LogP contribution in [-0.4, -0.2) is 102 Å². The van der Waals surface area contributed by atoms with Gasteiger partial charge in [0.15, 0.2) is 28.7 Å². The molecule has 2 fully saturated rings. The number of urea groups is 1. The summed E-state index contributed by atoms with van der Waals surface area (Å²) in [6.45, 7) is 0. The third-order valence-electron chi connectivity index (χ3n) is 9.21. The van der Waals surface area contributed by atoms with Crippen LogP contribution < -0.4 is 26.0 Å². The number of hydrogen-bond donors (Lipinski definition) is 6. The summed E-state index contributed by atoms with van der Waals surface area (Å²) in [6.07, 6.45) is -7.00. The van der Waals surface area contributed by atoms with Gasteiger partial charge in [-0.15, -0.1) is 13.2 Å². The Labute approximate surface area is 271 Å². The van der Waals surface area contributed by atoms with E-state index in [1.54, 1.807) is 19.0 Å². The lowest BCUT2D eigenvalue weighted by atomic mass is 9.52. The van der Waals surface area contributed by atoms with Crippen LogP contribution in [0.3, 0.4) is 0 Å². The van der Waals surface area contributed by atoms with Gasteiger partial charge in [-0.1, -0.05) is 0 Å². The molecule has 0 bridgehead atoms. The Morgan fingerprint density at radius 3 is 2.23 bits per heavy atom. The molecule has 0 heterocycles. The number of ether oxygens (including phenoxy) is 1. The fourth-order valence-corrected chi connectivity index (χ4v) is 7.26. The van der Waals surface area contributed by atoms with E-state index in [-0.39, 0.29) is 29.8 Å². The van der Waals surface area contributed by atoms with Gasteiger partial charge in [0.2, 0.25) is 0 Å². The van der Waals surface area contributed by atoms with E-state index in [2.05, 4.69) is 15.4 Å². The Bertz CT molecular complexity index is 1700. The first-order valence-corrected chi connectivity index (χ1v) is 14.8. The largest absolute Gasteiger partial charge is 0.573 e. The number of nitrogens with zero attached hydrogens (tertiary/aromatic N) is 2. The second-order valence-electron chi connectivity index (χ2n) is 12.6. The van der Waals surface area contributed by atoms with Crippen LogP contribution in [0.4, 0.5) is 35.0 Å². The van der Waals surface area contributed by atoms with Gasteiger partial charge < -0.3 is 41.3 Å². The number of alkyl halides is 3. The first-order chi connectivity index (χ1) is 22.3. The molecule has 3 unspecified atom stereocenters. The summed E-state index contributed by atoms with van der Waals surface area (Å²) in [7, 11) is 6.31. The molecule has 5 rings (SSSR count). The van der Waals surface area contributed by atoms with Crippen LogP contribution in [0, 0.1) is 23.7 Å². The van der Waals surface area contributed by atoms with Gasteiger partial charge >= 0.3 is 12.4 Å². The lowest BCUT2D eigenvalue weighted by Gasteiger charge is -2.53. The fraction of sp³-hybridized carbons (Fsp3) is 0.452. The van der Waals surface area contributed by atoms with E-state index < -0.39 is 88.6 Å². The van der Waals surface area contributed by atoms with Crippen molar-refractivity contribution in [3.05, 3.63) is 41.5 Å². The van der Waals surface area contributed by atoms with Gasteiger partial charge in [0.25, 0.3) is 0 Å². The zero-order chi connectivity index (χ0) is 35.6. The van der Waals surface area contributed by atoms with Gasteiger partial charge in [0.05, 0.1) is 23.2 Å². The lowest BCUT2D eigenvalue weighted by molar-refractivity contribution is -0.274. The predicted molar refractivity (Wildman–Crippen MR) is 162 cm³/mol.